The van der Waals surface area contributed by atoms with Gasteiger partial charge in [-0.05, 0) is 18.4 Å². The molecule has 1 aromatic carbocycles. The lowest BCUT2D eigenvalue weighted by molar-refractivity contribution is -0.121. The first-order valence-electron chi connectivity index (χ1n) is 7.13. The van der Waals surface area contributed by atoms with Crippen LogP contribution in [0, 0.1) is 0 Å². The molecule has 3 nitrogen and oxygen atoms in total. The number of rotatable bonds is 4. The zero-order valence-corrected chi connectivity index (χ0v) is 11.9. The number of hydrogen-bond donors (Lipinski definition) is 2. The second-order valence-electron chi connectivity index (χ2n) is 6.02. The standard InChI is InChI=1S/C16H24N2O/c1-16(2,13-7-4-3-5-8-13)12-18-14-9-6-10-17-15(19)11-14/h3-5,7-8,14,18H,6,9-12H2,1-2H3,(H,17,19). The Morgan fingerprint density at radius 1 is 1.32 bits per heavy atom. The monoisotopic (exact) mass is 260 g/mol. The van der Waals surface area contributed by atoms with Gasteiger partial charge in [-0.15, -0.1) is 0 Å². The number of amides is 1. The number of hydrogen-bond acceptors (Lipinski definition) is 2. The average Bonchev–Trinajstić information content (AvgIpc) is 2.62. The van der Waals surface area contributed by atoms with Crippen LogP contribution in [0.4, 0.5) is 0 Å². The maximum absolute atomic E-state index is 11.5. The van der Waals surface area contributed by atoms with E-state index in [0.717, 1.165) is 25.9 Å². The molecule has 1 aliphatic rings. The highest BCUT2D eigenvalue weighted by Gasteiger charge is 2.23. The Labute approximate surface area is 115 Å². The topological polar surface area (TPSA) is 41.1 Å². The molecule has 1 unspecified atom stereocenters. The van der Waals surface area contributed by atoms with Crippen molar-refractivity contribution in [1.82, 2.24) is 10.6 Å². The third kappa shape index (κ3) is 4.06. The van der Waals surface area contributed by atoms with E-state index in [1.165, 1.54) is 5.56 Å². The molecule has 0 aromatic heterocycles. The van der Waals surface area contributed by atoms with E-state index in [9.17, 15) is 4.79 Å². The summed E-state index contributed by atoms with van der Waals surface area (Å²) in [5.74, 6) is 0.174. The highest BCUT2D eigenvalue weighted by atomic mass is 16.1. The number of carbonyl (C=O) groups is 1. The van der Waals surface area contributed by atoms with Crippen LogP contribution in [0.1, 0.15) is 38.7 Å². The quantitative estimate of drug-likeness (QED) is 0.871. The van der Waals surface area contributed by atoms with E-state index in [1.807, 2.05) is 6.07 Å². The lowest BCUT2D eigenvalue weighted by Crippen LogP contribution is -2.40. The summed E-state index contributed by atoms with van der Waals surface area (Å²) in [5, 5.41) is 6.49. The number of carbonyl (C=O) groups excluding carboxylic acids is 1. The molecular formula is C16H24N2O. The summed E-state index contributed by atoms with van der Waals surface area (Å²) in [5.41, 5.74) is 1.42. The van der Waals surface area contributed by atoms with Crippen LogP contribution in [0.2, 0.25) is 0 Å². The van der Waals surface area contributed by atoms with Gasteiger partial charge in [-0.25, -0.2) is 0 Å². The average molecular weight is 260 g/mol. The van der Waals surface area contributed by atoms with Gasteiger partial charge in [0.1, 0.15) is 0 Å². The summed E-state index contributed by atoms with van der Waals surface area (Å²) in [6.07, 6.45) is 2.74. The van der Waals surface area contributed by atoms with Crippen molar-refractivity contribution in [3.63, 3.8) is 0 Å². The molecule has 0 bridgehead atoms. The van der Waals surface area contributed by atoms with Gasteiger partial charge in [0, 0.05) is 31.0 Å². The predicted molar refractivity (Wildman–Crippen MR) is 78.1 cm³/mol. The van der Waals surface area contributed by atoms with E-state index < -0.39 is 0 Å². The van der Waals surface area contributed by atoms with Gasteiger partial charge in [0.15, 0.2) is 0 Å². The summed E-state index contributed by atoms with van der Waals surface area (Å²) in [4.78, 5) is 11.5. The predicted octanol–water partition coefficient (Wildman–Crippen LogP) is 2.22. The largest absolute Gasteiger partial charge is 0.356 e. The van der Waals surface area contributed by atoms with Crippen molar-refractivity contribution in [3.05, 3.63) is 35.9 Å². The van der Waals surface area contributed by atoms with Crippen molar-refractivity contribution < 1.29 is 4.79 Å². The summed E-state index contributed by atoms with van der Waals surface area (Å²) in [6.45, 7) is 6.20. The molecule has 1 amide bonds. The maximum Gasteiger partial charge on any atom is 0.221 e. The fraction of sp³-hybridized carbons (Fsp3) is 0.562. The summed E-state index contributed by atoms with van der Waals surface area (Å²) in [6, 6.07) is 10.9. The van der Waals surface area contributed by atoms with Crippen molar-refractivity contribution in [1.29, 1.82) is 0 Å². The van der Waals surface area contributed by atoms with Crippen LogP contribution in [-0.4, -0.2) is 25.0 Å². The molecule has 19 heavy (non-hydrogen) atoms. The summed E-state index contributed by atoms with van der Waals surface area (Å²) >= 11 is 0. The van der Waals surface area contributed by atoms with Gasteiger partial charge < -0.3 is 10.6 Å². The van der Waals surface area contributed by atoms with Gasteiger partial charge in [-0.1, -0.05) is 44.2 Å². The molecule has 2 rings (SSSR count). The Morgan fingerprint density at radius 3 is 2.79 bits per heavy atom. The van der Waals surface area contributed by atoms with Crippen molar-refractivity contribution in [2.24, 2.45) is 0 Å². The van der Waals surface area contributed by atoms with E-state index in [2.05, 4.69) is 48.7 Å². The summed E-state index contributed by atoms with van der Waals surface area (Å²) in [7, 11) is 0. The van der Waals surface area contributed by atoms with E-state index in [4.69, 9.17) is 0 Å². The van der Waals surface area contributed by atoms with Crippen LogP contribution in [0.3, 0.4) is 0 Å². The molecule has 0 aliphatic carbocycles. The third-order valence-corrected chi connectivity index (χ3v) is 3.87. The maximum atomic E-state index is 11.5. The van der Waals surface area contributed by atoms with Crippen molar-refractivity contribution >= 4 is 5.91 Å². The number of benzene rings is 1. The Kier molecular flexibility index (Phi) is 4.59. The lowest BCUT2D eigenvalue weighted by atomic mass is 9.84. The van der Waals surface area contributed by atoms with Crippen LogP contribution >= 0.6 is 0 Å². The van der Waals surface area contributed by atoms with Gasteiger partial charge in [-0.3, -0.25) is 4.79 Å². The second kappa shape index (κ2) is 6.20. The zero-order chi connectivity index (χ0) is 13.7. The fourth-order valence-electron chi connectivity index (χ4n) is 2.54. The van der Waals surface area contributed by atoms with Gasteiger partial charge in [-0.2, -0.15) is 0 Å². The molecule has 0 spiro atoms. The van der Waals surface area contributed by atoms with Crippen LogP contribution in [-0.2, 0) is 10.2 Å². The zero-order valence-electron chi connectivity index (χ0n) is 11.9. The van der Waals surface area contributed by atoms with Gasteiger partial charge in [0.2, 0.25) is 5.91 Å². The highest BCUT2D eigenvalue weighted by Crippen LogP contribution is 2.22. The Bertz CT molecular complexity index is 414. The minimum absolute atomic E-state index is 0.0873. The van der Waals surface area contributed by atoms with Gasteiger partial charge in [0.05, 0.1) is 0 Å². The van der Waals surface area contributed by atoms with Crippen LogP contribution in [0.25, 0.3) is 0 Å². The SMILES string of the molecule is CC(C)(CNC1CCCNC(=O)C1)c1ccccc1. The van der Waals surface area contributed by atoms with Crippen molar-refractivity contribution in [2.75, 3.05) is 13.1 Å². The number of nitrogens with one attached hydrogen (secondary N) is 2. The molecule has 0 radical (unpaired) electrons. The fourth-order valence-corrected chi connectivity index (χ4v) is 2.54. The van der Waals surface area contributed by atoms with Crippen molar-refractivity contribution in [2.45, 2.75) is 44.6 Å². The molecule has 0 saturated carbocycles. The Hall–Kier alpha value is -1.35. The molecule has 3 heteroatoms. The van der Waals surface area contributed by atoms with Crippen molar-refractivity contribution in [3.8, 4) is 0 Å². The van der Waals surface area contributed by atoms with Crippen LogP contribution in [0.5, 0.6) is 0 Å². The van der Waals surface area contributed by atoms with E-state index in [-0.39, 0.29) is 11.3 Å². The molecule has 104 valence electrons. The first kappa shape index (κ1) is 14.1. The van der Waals surface area contributed by atoms with E-state index in [0.29, 0.717) is 12.5 Å². The van der Waals surface area contributed by atoms with Crippen LogP contribution < -0.4 is 10.6 Å². The molecule has 1 aliphatic heterocycles. The smallest absolute Gasteiger partial charge is 0.221 e. The Balaban J connectivity index is 1.92. The Morgan fingerprint density at radius 2 is 2.05 bits per heavy atom. The molecule has 1 atom stereocenters. The molecule has 2 N–H and O–H groups in total. The molecule has 1 heterocycles. The van der Waals surface area contributed by atoms with E-state index in [1.54, 1.807) is 0 Å². The highest BCUT2D eigenvalue weighted by molar-refractivity contribution is 5.76. The molecule has 1 aromatic rings. The minimum Gasteiger partial charge on any atom is -0.356 e. The van der Waals surface area contributed by atoms with Crippen LogP contribution in [0.15, 0.2) is 30.3 Å². The van der Waals surface area contributed by atoms with Gasteiger partial charge >= 0.3 is 0 Å². The van der Waals surface area contributed by atoms with E-state index >= 15 is 0 Å². The molecular weight excluding hydrogens is 236 g/mol. The minimum atomic E-state index is 0.0873. The summed E-state index contributed by atoms with van der Waals surface area (Å²) < 4.78 is 0. The first-order chi connectivity index (χ1) is 9.08. The molecule has 1 saturated heterocycles. The third-order valence-electron chi connectivity index (χ3n) is 3.87. The van der Waals surface area contributed by atoms with Gasteiger partial charge in [0.25, 0.3) is 0 Å². The first-order valence-corrected chi connectivity index (χ1v) is 7.13. The lowest BCUT2D eigenvalue weighted by Gasteiger charge is -2.28. The molecule has 1 fully saturated rings. The normalized spacial score (nSPS) is 20.7. The second-order valence-corrected chi connectivity index (χ2v) is 6.02.